The molecule has 126 valence electrons. The topological polar surface area (TPSA) is 60.7 Å². The molecule has 0 radical (unpaired) electrons. The third-order valence-electron chi connectivity index (χ3n) is 3.85. The molecule has 1 aliphatic carbocycles. The molecule has 0 bridgehead atoms. The predicted molar refractivity (Wildman–Crippen MR) is 91.5 cm³/mol. The van der Waals surface area contributed by atoms with Crippen molar-refractivity contribution in [2.24, 2.45) is 0 Å². The Morgan fingerprint density at radius 3 is 2.33 bits per heavy atom. The maximum Gasteiger partial charge on any atom is 0.161 e. The predicted octanol–water partition coefficient (Wildman–Crippen LogP) is 3.84. The number of methoxy groups -OCH3 is 4. The van der Waals surface area contributed by atoms with Crippen LogP contribution in [-0.2, 0) is 9.47 Å². The summed E-state index contributed by atoms with van der Waals surface area (Å²) in [5, 5.41) is 9.55. The molecule has 5 heteroatoms. The van der Waals surface area contributed by atoms with Crippen LogP contribution in [-0.4, -0.2) is 28.4 Å². The second kappa shape index (κ2) is 8.11. The first-order valence-electron chi connectivity index (χ1n) is 7.52. The summed E-state index contributed by atoms with van der Waals surface area (Å²) in [6.45, 7) is 0. The molecule has 0 unspecified atom stereocenters. The Bertz CT molecular complexity index is 738. The van der Waals surface area contributed by atoms with Crippen LogP contribution >= 0.6 is 0 Å². The highest BCUT2D eigenvalue weighted by molar-refractivity contribution is 5.66. The van der Waals surface area contributed by atoms with Gasteiger partial charge >= 0.3 is 0 Å². The summed E-state index contributed by atoms with van der Waals surface area (Å²) < 4.78 is 21.2. The highest BCUT2D eigenvalue weighted by Gasteiger charge is 2.17. The molecule has 0 aromatic heterocycles. The molecule has 1 aliphatic rings. The third kappa shape index (κ3) is 3.72. The lowest BCUT2D eigenvalue weighted by molar-refractivity contribution is 0.218. The molecule has 0 N–H and O–H groups in total. The lowest BCUT2D eigenvalue weighted by Gasteiger charge is -2.18. The summed E-state index contributed by atoms with van der Waals surface area (Å²) in [6.07, 6.45) is 5.12. The van der Waals surface area contributed by atoms with Crippen molar-refractivity contribution in [3.05, 3.63) is 52.5 Å². The van der Waals surface area contributed by atoms with Crippen molar-refractivity contribution < 1.29 is 18.9 Å². The van der Waals surface area contributed by atoms with Gasteiger partial charge in [-0.15, -0.1) is 0 Å². The first-order valence-corrected chi connectivity index (χ1v) is 7.52. The first kappa shape index (κ1) is 17.5. The van der Waals surface area contributed by atoms with Crippen molar-refractivity contribution >= 4 is 6.08 Å². The van der Waals surface area contributed by atoms with Crippen molar-refractivity contribution in [1.29, 1.82) is 5.26 Å². The van der Waals surface area contributed by atoms with Gasteiger partial charge in [0.2, 0.25) is 0 Å². The largest absolute Gasteiger partial charge is 0.497 e. The van der Waals surface area contributed by atoms with Crippen LogP contribution in [0.1, 0.15) is 18.4 Å². The molecule has 0 spiro atoms. The third-order valence-corrected chi connectivity index (χ3v) is 3.85. The molecule has 0 heterocycles. The smallest absolute Gasteiger partial charge is 0.161 e. The van der Waals surface area contributed by atoms with Crippen LogP contribution in [0.25, 0.3) is 6.08 Å². The van der Waals surface area contributed by atoms with E-state index in [1.807, 2.05) is 30.4 Å². The number of hydrogen-bond donors (Lipinski definition) is 0. The monoisotopic (exact) mass is 327 g/mol. The molecule has 0 saturated carbocycles. The zero-order chi connectivity index (χ0) is 17.5. The van der Waals surface area contributed by atoms with Crippen molar-refractivity contribution in [3.8, 4) is 17.6 Å². The van der Waals surface area contributed by atoms with Gasteiger partial charge in [0.15, 0.2) is 17.3 Å². The van der Waals surface area contributed by atoms with E-state index in [2.05, 4.69) is 6.07 Å². The van der Waals surface area contributed by atoms with Crippen LogP contribution in [0.4, 0.5) is 0 Å². The van der Waals surface area contributed by atoms with E-state index in [-0.39, 0.29) is 0 Å². The van der Waals surface area contributed by atoms with Gasteiger partial charge in [-0.1, -0.05) is 6.07 Å². The zero-order valence-electron chi connectivity index (χ0n) is 14.4. The molecule has 24 heavy (non-hydrogen) atoms. The highest BCUT2D eigenvalue weighted by atomic mass is 16.5. The van der Waals surface area contributed by atoms with Crippen LogP contribution in [0.3, 0.4) is 0 Å². The minimum atomic E-state index is 0.590. The second-order valence-corrected chi connectivity index (χ2v) is 5.15. The van der Waals surface area contributed by atoms with E-state index < -0.39 is 0 Å². The molecule has 2 rings (SSSR count). The average Bonchev–Trinajstić information content (AvgIpc) is 2.65. The van der Waals surface area contributed by atoms with Crippen LogP contribution in [0, 0.1) is 11.3 Å². The van der Waals surface area contributed by atoms with Crippen molar-refractivity contribution in [3.63, 3.8) is 0 Å². The molecule has 0 fully saturated rings. The summed E-state index contributed by atoms with van der Waals surface area (Å²) in [5.41, 5.74) is 2.38. The van der Waals surface area contributed by atoms with Gasteiger partial charge in [-0.2, -0.15) is 5.26 Å². The molecule has 0 amide bonds. The van der Waals surface area contributed by atoms with E-state index in [0.29, 0.717) is 29.3 Å². The number of benzene rings is 1. The quantitative estimate of drug-likeness (QED) is 0.743. The Kier molecular flexibility index (Phi) is 5.91. The van der Waals surface area contributed by atoms with Crippen molar-refractivity contribution in [1.82, 2.24) is 0 Å². The van der Waals surface area contributed by atoms with Crippen LogP contribution in [0.15, 0.2) is 46.9 Å². The van der Waals surface area contributed by atoms with E-state index in [1.165, 1.54) is 0 Å². The summed E-state index contributed by atoms with van der Waals surface area (Å²) in [4.78, 5) is 0. The average molecular weight is 327 g/mol. The summed E-state index contributed by atoms with van der Waals surface area (Å²) in [5.74, 6) is 2.73. The van der Waals surface area contributed by atoms with Crippen molar-refractivity contribution in [2.75, 3.05) is 28.4 Å². The molecule has 5 nitrogen and oxygen atoms in total. The van der Waals surface area contributed by atoms with E-state index in [0.717, 1.165) is 23.3 Å². The van der Waals surface area contributed by atoms with E-state index in [9.17, 15) is 5.26 Å². The summed E-state index contributed by atoms with van der Waals surface area (Å²) in [7, 11) is 6.39. The molecule has 0 aliphatic heterocycles. The number of rotatable bonds is 6. The number of nitrogens with zero attached hydrogens (tertiary/aromatic N) is 1. The standard InChI is InChI=1S/C19H21NO4/c1-21-16-7-5-13(10-18(16)23-3)9-15(12-20)14-6-8-17(22-2)19(11-14)24-4/h5,7,9-11H,6,8H2,1-4H3/b15-9+. The van der Waals surface area contributed by atoms with Gasteiger partial charge in [-0.25, -0.2) is 0 Å². The Balaban J connectivity index is 2.39. The zero-order valence-corrected chi connectivity index (χ0v) is 14.4. The molecular formula is C19H21NO4. The summed E-state index contributed by atoms with van der Waals surface area (Å²) in [6, 6.07) is 7.81. The minimum absolute atomic E-state index is 0.590. The fourth-order valence-corrected chi connectivity index (χ4v) is 2.58. The van der Waals surface area contributed by atoms with Gasteiger partial charge in [0, 0.05) is 6.42 Å². The Hall–Kier alpha value is -2.87. The molecule has 1 aromatic carbocycles. The number of ether oxygens (including phenoxy) is 4. The van der Waals surface area contributed by atoms with Gasteiger partial charge in [0.05, 0.1) is 40.1 Å². The van der Waals surface area contributed by atoms with E-state index in [1.54, 1.807) is 28.4 Å². The number of allylic oxidation sites excluding steroid dienone is 4. The molecule has 1 aromatic rings. The van der Waals surface area contributed by atoms with Crippen LogP contribution in [0.5, 0.6) is 11.5 Å². The van der Waals surface area contributed by atoms with Crippen molar-refractivity contribution in [2.45, 2.75) is 12.8 Å². The maximum atomic E-state index is 9.55. The molecule has 0 atom stereocenters. The number of hydrogen-bond acceptors (Lipinski definition) is 5. The van der Waals surface area contributed by atoms with E-state index >= 15 is 0 Å². The lowest BCUT2D eigenvalue weighted by Crippen LogP contribution is -2.04. The Morgan fingerprint density at radius 1 is 1.00 bits per heavy atom. The van der Waals surface area contributed by atoms with Gasteiger partial charge in [-0.3, -0.25) is 0 Å². The Labute approximate surface area is 142 Å². The maximum absolute atomic E-state index is 9.55. The lowest BCUT2D eigenvalue weighted by atomic mass is 9.94. The minimum Gasteiger partial charge on any atom is -0.497 e. The second-order valence-electron chi connectivity index (χ2n) is 5.15. The SMILES string of the molecule is COC1=C(OC)CCC(/C(C#N)=C/c2ccc(OC)c(OC)c2)=C1. The normalized spacial score (nSPS) is 14.6. The molecule has 0 saturated heterocycles. The van der Waals surface area contributed by atoms with Gasteiger partial charge < -0.3 is 18.9 Å². The molecular weight excluding hydrogens is 306 g/mol. The van der Waals surface area contributed by atoms with Gasteiger partial charge in [-0.05, 0) is 41.8 Å². The Morgan fingerprint density at radius 2 is 1.75 bits per heavy atom. The highest BCUT2D eigenvalue weighted by Crippen LogP contribution is 2.32. The van der Waals surface area contributed by atoms with Crippen LogP contribution in [0.2, 0.25) is 0 Å². The van der Waals surface area contributed by atoms with E-state index in [4.69, 9.17) is 18.9 Å². The fraction of sp³-hybridized carbons (Fsp3) is 0.316. The van der Waals surface area contributed by atoms with Gasteiger partial charge in [0.1, 0.15) is 5.76 Å². The number of nitriles is 1. The summed E-state index contributed by atoms with van der Waals surface area (Å²) >= 11 is 0. The van der Waals surface area contributed by atoms with Gasteiger partial charge in [0.25, 0.3) is 0 Å². The first-order chi connectivity index (χ1) is 11.7. The van der Waals surface area contributed by atoms with Crippen LogP contribution < -0.4 is 9.47 Å². The fourth-order valence-electron chi connectivity index (χ4n) is 2.58.